The number of imide groups is 1. The summed E-state index contributed by atoms with van der Waals surface area (Å²) in [6.07, 6.45) is 0.0797. The van der Waals surface area contributed by atoms with Crippen LogP contribution in [0.5, 0.6) is 0 Å². The van der Waals surface area contributed by atoms with Crippen molar-refractivity contribution >= 4 is 17.7 Å². The van der Waals surface area contributed by atoms with E-state index in [4.69, 9.17) is 0 Å². The molecule has 1 N–H and O–H groups in total. The lowest BCUT2D eigenvalue weighted by Gasteiger charge is -2.19. The molecule has 2 aliphatic rings. The molecule has 1 atom stereocenters. The summed E-state index contributed by atoms with van der Waals surface area (Å²) in [5, 5.41) is 2.77. The maximum atomic E-state index is 12.3. The van der Waals surface area contributed by atoms with Gasteiger partial charge in [0, 0.05) is 12.0 Å². The fourth-order valence-electron chi connectivity index (χ4n) is 3.41. The summed E-state index contributed by atoms with van der Waals surface area (Å²) in [6.45, 7) is 11.8. The molecular formula is C15H24N2O3. The minimum atomic E-state index is -0.690. The molecule has 1 unspecified atom stereocenters. The summed E-state index contributed by atoms with van der Waals surface area (Å²) < 4.78 is 0. The molecule has 0 bridgehead atoms. The van der Waals surface area contributed by atoms with E-state index >= 15 is 0 Å². The molecule has 2 fully saturated rings. The molecule has 3 amide bonds. The van der Waals surface area contributed by atoms with E-state index in [1.165, 1.54) is 4.90 Å². The van der Waals surface area contributed by atoms with Crippen LogP contribution >= 0.6 is 0 Å². The second kappa shape index (κ2) is 4.30. The lowest BCUT2D eigenvalue weighted by Crippen LogP contribution is -2.44. The smallest absolute Gasteiger partial charge is 0.252 e. The van der Waals surface area contributed by atoms with Gasteiger partial charge in [-0.3, -0.25) is 19.3 Å². The molecule has 0 aromatic rings. The molecule has 1 heterocycles. The molecule has 1 aliphatic carbocycles. The molecule has 1 saturated heterocycles. The second-order valence-electron chi connectivity index (χ2n) is 7.34. The molecular weight excluding hydrogens is 256 g/mol. The maximum Gasteiger partial charge on any atom is 0.252 e. The van der Waals surface area contributed by atoms with E-state index in [0.717, 1.165) is 0 Å². The number of hydrogen-bond acceptors (Lipinski definition) is 3. The molecule has 0 aromatic carbocycles. The molecule has 1 saturated carbocycles. The van der Waals surface area contributed by atoms with Gasteiger partial charge in [-0.25, -0.2) is 0 Å². The van der Waals surface area contributed by atoms with Crippen molar-refractivity contribution < 1.29 is 14.4 Å². The van der Waals surface area contributed by atoms with Crippen molar-refractivity contribution in [3.05, 3.63) is 0 Å². The van der Waals surface area contributed by atoms with Crippen molar-refractivity contribution in [2.75, 3.05) is 0 Å². The van der Waals surface area contributed by atoms with Crippen LogP contribution < -0.4 is 5.32 Å². The summed E-state index contributed by atoms with van der Waals surface area (Å²) in [6, 6.07) is -0.852. The summed E-state index contributed by atoms with van der Waals surface area (Å²) in [5.41, 5.74) is -0.138. The van der Waals surface area contributed by atoms with Gasteiger partial charge in [-0.05, 0) is 24.7 Å². The van der Waals surface area contributed by atoms with E-state index < -0.39 is 6.04 Å². The standard InChI is InChI=1S/C15H24N2O3/c1-8(2)17-10(18)7-9(13(17)20)16-12(19)11-14(3,4)15(11,5)6/h8-9,11H,7H2,1-6H3,(H,16,19). The first-order chi connectivity index (χ1) is 9.01. The average molecular weight is 280 g/mol. The number of hydrogen-bond donors (Lipinski definition) is 1. The minimum Gasteiger partial charge on any atom is -0.343 e. The van der Waals surface area contributed by atoms with Gasteiger partial charge in [0.05, 0.1) is 6.42 Å². The van der Waals surface area contributed by atoms with E-state index in [2.05, 4.69) is 33.0 Å². The van der Waals surface area contributed by atoms with Gasteiger partial charge in [0.2, 0.25) is 11.8 Å². The minimum absolute atomic E-state index is 0.0690. The number of carbonyl (C=O) groups excluding carboxylic acids is 3. The predicted molar refractivity (Wildman–Crippen MR) is 74.6 cm³/mol. The molecule has 1 aliphatic heterocycles. The molecule has 0 spiro atoms. The quantitative estimate of drug-likeness (QED) is 0.793. The Kier molecular flexibility index (Phi) is 3.23. The van der Waals surface area contributed by atoms with E-state index in [-0.39, 0.29) is 46.9 Å². The highest BCUT2D eigenvalue weighted by Gasteiger charge is 2.68. The average Bonchev–Trinajstić information content (AvgIpc) is 2.52. The highest BCUT2D eigenvalue weighted by Crippen LogP contribution is 2.68. The maximum absolute atomic E-state index is 12.3. The third kappa shape index (κ3) is 1.95. The zero-order valence-corrected chi connectivity index (χ0v) is 13.1. The predicted octanol–water partition coefficient (Wildman–Crippen LogP) is 1.32. The van der Waals surface area contributed by atoms with E-state index in [0.29, 0.717) is 0 Å². The Balaban J connectivity index is 2.05. The zero-order chi connectivity index (χ0) is 15.5. The highest BCUT2D eigenvalue weighted by molar-refractivity contribution is 6.07. The monoisotopic (exact) mass is 280 g/mol. The largest absolute Gasteiger partial charge is 0.343 e. The fourth-order valence-corrected chi connectivity index (χ4v) is 3.41. The molecule has 0 aromatic heterocycles. The van der Waals surface area contributed by atoms with Crippen molar-refractivity contribution in [2.24, 2.45) is 16.7 Å². The number of rotatable bonds is 3. The third-order valence-corrected chi connectivity index (χ3v) is 5.30. The van der Waals surface area contributed by atoms with Crippen LogP contribution in [0.4, 0.5) is 0 Å². The van der Waals surface area contributed by atoms with Crippen molar-refractivity contribution in [1.82, 2.24) is 10.2 Å². The van der Waals surface area contributed by atoms with Gasteiger partial charge in [-0.15, -0.1) is 0 Å². The molecule has 5 nitrogen and oxygen atoms in total. The van der Waals surface area contributed by atoms with Crippen molar-refractivity contribution in [3.8, 4) is 0 Å². The Bertz CT molecular complexity index is 466. The van der Waals surface area contributed by atoms with Crippen LogP contribution in [0.25, 0.3) is 0 Å². The highest BCUT2D eigenvalue weighted by atomic mass is 16.2. The lowest BCUT2D eigenvalue weighted by atomic mass is 10.0. The number of likely N-dealkylation sites (tertiary alicyclic amines) is 1. The number of carbonyl (C=O) groups is 3. The molecule has 2 rings (SSSR count). The van der Waals surface area contributed by atoms with Crippen LogP contribution in [0, 0.1) is 16.7 Å². The van der Waals surface area contributed by atoms with Gasteiger partial charge in [-0.2, -0.15) is 0 Å². The van der Waals surface area contributed by atoms with Gasteiger partial charge in [0.15, 0.2) is 0 Å². The van der Waals surface area contributed by atoms with Crippen molar-refractivity contribution in [2.45, 2.75) is 60.0 Å². The molecule has 5 heteroatoms. The SMILES string of the molecule is CC(C)N1C(=O)CC(NC(=O)C2C(C)(C)C2(C)C)C1=O. The normalized spacial score (nSPS) is 28.1. The zero-order valence-electron chi connectivity index (χ0n) is 13.1. The van der Waals surface area contributed by atoms with Gasteiger partial charge < -0.3 is 5.32 Å². The molecule has 0 radical (unpaired) electrons. The Hall–Kier alpha value is -1.39. The van der Waals surface area contributed by atoms with Crippen molar-refractivity contribution in [1.29, 1.82) is 0 Å². The van der Waals surface area contributed by atoms with Crippen molar-refractivity contribution in [3.63, 3.8) is 0 Å². The Morgan fingerprint density at radius 3 is 2.05 bits per heavy atom. The van der Waals surface area contributed by atoms with E-state index in [1.54, 1.807) is 13.8 Å². The first-order valence-corrected chi connectivity index (χ1v) is 7.18. The van der Waals surface area contributed by atoms with Crippen LogP contribution in [0.3, 0.4) is 0 Å². The number of nitrogens with zero attached hydrogens (tertiary/aromatic N) is 1. The summed E-state index contributed by atoms with van der Waals surface area (Å²) >= 11 is 0. The van der Waals surface area contributed by atoms with Gasteiger partial charge in [0.25, 0.3) is 5.91 Å². The van der Waals surface area contributed by atoms with Gasteiger partial charge in [-0.1, -0.05) is 27.7 Å². The van der Waals surface area contributed by atoms with Crippen LogP contribution in [-0.2, 0) is 14.4 Å². The van der Waals surface area contributed by atoms with Crippen LogP contribution in [0.1, 0.15) is 48.0 Å². The van der Waals surface area contributed by atoms with E-state index in [9.17, 15) is 14.4 Å². The van der Waals surface area contributed by atoms with Crippen LogP contribution in [-0.4, -0.2) is 34.7 Å². The second-order valence-corrected chi connectivity index (χ2v) is 7.34. The Labute approximate surface area is 120 Å². The molecule has 20 heavy (non-hydrogen) atoms. The van der Waals surface area contributed by atoms with Gasteiger partial charge in [0.1, 0.15) is 6.04 Å². The Morgan fingerprint density at radius 2 is 1.70 bits per heavy atom. The van der Waals surface area contributed by atoms with Crippen LogP contribution in [0.15, 0.2) is 0 Å². The van der Waals surface area contributed by atoms with E-state index in [1.807, 2.05) is 0 Å². The summed E-state index contributed by atoms with van der Waals surface area (Å²) in [7, 11) is 0. The molecule has 112 valence electrons. The van der Waals surface area contributed by atoms with Gasteiger partial charge >= 0.3 is 0 Å². The first kappa shape index (κ1) is 15.0. The first-order valence-electron chi connectivity index (χ1n) is 7.18. The summed E-state index contributed by atoms with van der Waals surface area (Å²) in [4.78, 5) is 37.5. The topological polar surface area (TPSA) is 66.5 Å². The Morgan fingerprint density at radius 1 is 1.20 bits per heavy atom. The third-order valence-electron chi connectivity index (χ3n) is 5.30. The number of amides is 3. The fraction of sp³-hybridized carbons (Fsp3) is 0.800. The summed E-state index contributed by atoms with van der Waals surface area (Å²) in [5.74, 6) is -0.706. The van der Waals surface area contributed by atoms with Crippen LogP contribution in [0.2, 0.25) is 0 Å². The lowest BCUT2D eigenvalue weighted by molar-refractivity contribution is -0.141. The number of nitrogens with one attached hydrogen (secondary N) is 1.